The number of fused-ring (bicyclic) bond motifs is 1. The SMILES string of the molecule is C=CCN=c1scc(-c2cc3ccccc3o2)n1/N=C/c1cccc(OC)c1OC. The highest BCUT2D eigenvalue weighted by molar-refractivity contribution is 7.07. The van der Waals surface area contributed by atoms with Gasteiger partial charge in [0.1, 0.15) is 11.3 Å². The van der Waals surface area contributed by atoms with E-state index in [0.717, 1.165) is 32.8 Å². The number of aromatic nitrogens is 1. The Hall–Kier alpha value is -3.58. The van der Waals surface area contributed by atoms with Gasteiger partial charge in [0.15, 0.2) is 17.3 Å². The van der Waals surface area contributed by atoms with E-state index in [0.29, 0.717) is 18.0 Å². The first-order valence-electron chi connectivity index (χ1n) is 9.31. The molecule has 0 amide bonds. The third-order valence-electron chi connectivity index (χ3n) is 4.46. The van der Waals surface area contributed by atoms with Crippen LogP contribution < -0.4 is 14.3 Å². The summed E-state index contributed by atoms with van der Waals surface area (Å²) in [6, 6.07) is 15.6. The van der Waals surface area contributed by atoms with Crippen molar-refractivity contribution >= 4 is 28.5 Å². The number of nitrogens with zero attached hydrogens (tertiary/aromatic N) is 3. The Balaban J connectivity index is 1.83. The van der Waals surface area contributed by atoms with Crippen LogP contribution in [0.15, 0.2) is 81.1 Å². The van der Waals surface area contributed by atoms with Gasteiger partial charge in [-0.15, -0.1) is 17.9 Å². The van der Waals surface area contributed by atoms with Crippen LogP contribution in [0.4, 0.5) is 0 Å². The zero-order valence-corrected chi connectivity index (χ0v) is 17.6. The van der Waals surface area contributed by atoms with Crippen LogP contribution >= 0.6 is 11.3 Å². The summed E-state index contributed by atoms with van der Waals surface area (Å²) in [5, 5.41) is 7.72. The predicted octanol–water partition coefficient (Wildman–Crippen LogP) is 4.95. The maximum Gasteiger partial charge on any atom is 0.206 e. The van der Waals surface area contributed by atoms with Crippen LogP contribution in [0, 0.1) is 0 Å². The highest BCUT2D eigenvalue weighted by Crippen LogP contribution is 2.30. The smallest absolute Gasteiger partial charge is 0.206 e. The van der Waals surface area contributed by atoms with Crippen LogP contribution in [-0.2, 0) is 0 Å². The van der Waals surface area contributed by atoms with E-state index in [2.05, 4.69) is 11.6 Å². The first-order chi connectivity index (χ1) is 14.7. The highest BCUT2D eigenvalue weighted by atomic mass is 32.1. The molecular weight excluding hydrogens is 398 g/mol. The van der Waals surface area contributed by atoms with Crippen LogP contribution in [0.1, 0.15) is 5.56 Å². The molecule has 30 heavy (non-hydrogen) atoms. The maximum absolute atomic E-state index is 6.05. The predicted molar refractivity (Wildman–Crippen MR) is 121 cm³/mol. The number of ether oxygens (including phenoxy) is 2. The largest absolute Gasteiger partial charge is 0.493 e. The molecule has 0 aliphatic rings. The van der Waals surface area contributed by atoms with Crippen molar-refractivity contribution in [2.75, 3.05) is 20.8 Å². The molecule has 2 heterocycles. The average molecular weight is 420 g/mol. The molecule has 0 bridgehead atoms. The summed E-state index contributed by atoms with van der Waals surface area (Å²) in [7, 11) is 3.22. The third-order valence-corrected chi connectivity index (χ3v) is 5.32. The molecule has 0 aliphatic carbocycles. The van der Waals surface area contributed by atoms with Gasteiger partial charge in [0, 0.05) is 16.3 Å². The van der Waals surface area contributed by atoms with Crippen molar-refractivity contribution in [3.8, 4) is 23.0 Å². The van der Waals surface area contributed by atoms with Gasteiger partial charge >= 0.3 is 0 Å². The maximum atomic E-state index is 6.05. The Bertz CT molecular complexity index is 1250. The number of hydrogen-bond acceptors (Lipinski definition) is 6. The summed E-state index contributed by atoms with van der Waals surface area (Å²) < 4.78 is 18.7. The van der Waals surface area contributed by atoms with Crippen LogP contribution in [0.2, 0.25) is 0 Å². The number of para-hydroxylation sites is 2. The molecule has 4 rings (SSSR count). The van der Waals surface area contributed by atoms with Crippen molar-refractivity contribution in [3.63, 3.8) is 0 Å². The fraction of sp³-hybridized carbons (Fsp3) is 0.130. The van der Waals surface area contributed by atoms with E-state index in [1.54, 1.807) is 31.2 Å². The molecule has 6 nitrogen and oxygen atoms in total. The zero-order valence-electron chi connectivity index (χ0n) is 16.7. The third kappa shape index (κ3) is 3.79. The van der Waals surface area contributed by atoms with Crippen molar-refractivity contribution in [1.82, 2.24) is 4.68 Å². The molecule has 7 heteroatoms. The summed E-state index contributed by atoms with van der Waals surface area (Å²) in [4.78, 5) is 5.30. The van der Waals surface area contributed by atoms with Gasteiger partial charge in [-0.25, -0.2) is 4.68 Å². The molecule has 4 aromatic rings. The number of thiazole rings is 1. The summed E-state index contributed by atoms with van der Waals surface area (Å²) in [5.41, 5.74) is 2.44. The molecular formula is C23H21N3O3S. The van der Waals surface area contributed by atoms with Gasteiger partial charge in [0.25, 0.3) is 0 Å². The van der Waals surface area contributed by atoms with Gasteiger partial charge in [-0.2, -0.15) is 5.10 Å². The van der Waals surface area contributed by atoms with E-state index in [4.69, 9.17) is 19.0 Å². The van der Waals surface area contributed by atoms with Crippen molar-refractivity contribution in [1.29, 1.82) is 0 Å². The van der Waals surface area contributed by atoms with Crippen LogP contribution in [-0.4, -0.2) is 31.7 Å². The molecule has 0 saturated carbocycles. The van der Waals surface area contributed by atoms with E-state index in [9.17, 15) is 0 Å². The highest BCUT2D eigenvalue weighted by Gasteiger charge is 2.13. The monoisotopic (exact) mass is 419 g/mol. The Morgan fingerprint density at radius 3 is 2.77 bits per heavy atom. The number of methoxy groups -OCH3 is 2. The van der Waals surface area contributed by atoms with E-state index in [1.807, 2.05) is 53.9 Å². The minimum Gasteiger partial charge on any atom is -0.493 e. The van der Waals surface area contributed by atoms with Crippen molar-refractivity contribution < 1.29 is 13.9 Å². The fourth-order valence-electron chi connectivity index (χ4n) is 3.07. The molecule has 0 unspecified atom stereocenters. The van der Waals surface area contributed by atoms with Gasteiger partial charge in [-0.1, -0.05) is 30.3 Å². The lowest BCUT2D eigenvalue weighted by Crippen LogP contribution is -2.12. The second-order valence-corrected chi connectivity index (χ2v) is 7.16. The number of furan rings is 1. The Morgan fingerprint density at radius 1 is 1.13 bits per heavy atom. The molecule has 0 spiro atoms. The average Bonchev–Trinajstić information content (AvgIpc) is 3.39. The van der Waals surface area contributed by atoms with Crippen LogP contribution in [0.3, 0.4) is 0 Å². The Morgan fingerprint density at radius 2 is 2.00 bits per heavy atom. The van der Waals surface area contributed by atoms with E-state index in [1.165, 1.54) is 11.3 Å². The van der Waals surface area contributed by atoms with E-state index in [-0.39, 0.29) is 0 Å². The van der Waals surface area contributed by atoms with Gasteiger partial charge in [-0.05, 0) is 24.3 Å². The molecule has 0 radical (unpaired) electrons. The molecule has 0 saturated heterocycles. The standard InChI is InChI=1S/C23H21N3O3S/c1-4-12-24-23-26(25-14-17-9-7-11-20(27-2)22(17)28-3)18(15-30-23)21-13-16-8-5-6-10-19(16)29-21/h4-11,13-15H,1,12H2,2-3H3/b24-23?,25-14+. The summed E-state index contributed by atoms with van der Waals surface area (Å²) in [6.45, 7) is 4.25. The van der Waals surface area contributed by atoms with Gasteiger partial charge in [-0.3, -0.25) is 4.99 Å². The lowest BCUT2D eigenvalue weighted by molar-refractivity contribution is 0.354. The molecule has 0 N–H and O–H groups in total. The normalized spacial score (nSPS) is 12.0. The summed E-state index contributed by atoms with van der Waals surface area (Å²) in [6.07, 6.45) is 3.48. The van der Waals surface area contributed by atoms with Crippen LogP contribution in [0.5, 0.6) is 11.5 Å². The fourth-order valence-corrected chi connectivity index (χ4v) is 3.90. The second kappa shape index (κ2) is 8.84. The lowest BCUT2D eigenvalue weighted by atomic mass is 10.2. The topological polar surface area (TPSA) is 61.2 Å². The minimum atomic E-state index is 0.498. The van der Waals surface area contributed by atoms with Gasteiger partial charge in [0.2, 0.25) is 4.80 Å². The number of hydrogen-bond donors (Lipinski definition) is 0. The van der Waals surface area contributed by atoms with Crippen LogP contribution in [0.25, 0.3) is 22.4 Å². The second-order valence-electron chi connectivity index (χ2n) is 6.32. The lowest BCUT2D eigenvalue weighted by Gasteiger charge is -2.09. The van der Waals surface area contributed by atoms with Gasteiger partial charge in [0.05, 0.1) is 27.0 Å². The first-order valence-corrected chi connectivity index (χ1v) is 10.2. The molecule has 2 aromatic heterocycles. The molecule has 0 fully saturated rings. The molecule has 2 aromatic carbocycles. The Labute approximate surface area is 178 Å². The van der Waals surface area contributed by atoms with E-state index < -0.39 is 0 Å². The first kappa shape index (κ1) is 19.7. The molecule has 0 aliphatic heterocycles. The van der Waals surface area contributed by atoms with Crippen molar-refractivity contribution in [2.45, 2.75) is 0 Å². The number of rotatable bonds is 7. The molecule has 0 atom stereocenters. The van der Waals surface area contributed by atoms with Crippen molar-refractivity contribution in [3.05, 3.63) is 76.9 Å². The van der Waals surface area contributed by atoms with E-state index >= 15 is 0 Å². The zero-order chi connectivity index (χ0) is 20.9. The van der Waals surface area contributed by atoms with Crippen molar-refractivity contribution in [2.24, 2.45) is 10.1 Å². The number of benzene rings is 2. The summed E-state index contributed by atoms with van der Waals surface area (Å²) in [5.74, 6) is 1.99. The molecule has 152 valence electrons. The Kier molecular flexibility index (Phi) is 5.81. The van der Waals surface area contributed by atoms with Gasteiger partial charge < -0.3 is 13.9 Å². The quantitative estimate of drug-likeness (QED) is 0.315. The minimum absolute atomic E-state index is 0.498. The summed E-state index contributed by atoms with van der Waals surface area (Å²) >= 11 is 1.49.